The zero-order valence-electron chi connectivity index (χ0n) is 16.6. The molecule has 1 aliphatic rings. The molecule has 0 bridgehead atoms. The maximum atomic E-state index is 13.2. The van der Waals surface area contributed by atoms with Gasteiger partial charge in [-0.3, -0.25) is 9.69 Å². The van der Waals surface area contributed by atoms with Crippen LogP contribution in [0.3, 0.4) is 0 Å². The Morgan fingerprint density at radius 3 is 2.48 bits per heavy atom. The third kappa shape index (κ3) is 5.54. The molecular formula is C20H21F3N2O5S. The molecule has 1 aliphatic heterocycles. The lowest BCUT2D eigenvalue weighted by atomic mass is 10.1. The lowest BCUT2D eigenvalue weighted by molar-refractivity contribution is -0.139. The molecule has 1 amide bonds. The van der Waals surface area contributed by atoms with Crippen molar-refractivity contribution in [1.29, 1.82) is 0 Å². The van der Waals surface area contributed by atoms with Crippen molar-refractivity contribution in [3.63, 3.8) is 0 Å². The summed E-state index contributed by atoms with van der Waals surface area (Å²) in [5, 5.41) is 0. The summed E-state index contributed by atoms with van der Waals surface area (Å²) >= 11 is 0. The summed E-state index contributed by atoms with van der Waals surface area (Å²) in [6.45, 7) is 2.94. The average Bonchev–Trinajstić information content (AvgIpc) is 2.73. The van der Waals surface area contributed by atoms with Gasteiger partial charge in [0.2, 0.25) is 0 Å². The van der Waals surface area contributed by atoms with Crippen molar-refractivity contribution in [2.75, 3.05) is 33.4 Å². The molecule has 0 unspecified atom stereocenters. The van der Waals surface area contributed by atoms with Gasteiger partial charge in [-0.2, -0.15) is 13.2 Å². The summed E-state index contributed by atoms with van der Waals surface area (Å²) in [6, 6.07) is 8.01. The third-order valence-electron chi connectivity index (χ3n) is 4.75. The average molecular weight is 458 g/mol. The summed E-state index contributed by atoms with van der Waals surface area (Å²) in [5.74, 6) is -0.531. The highest BCUT2D eigenvalue weighted by Crippen LogP contribution is 2.34. The first-order chi connectivity index (χ1) is 14.6. The fourth-order valence-corrected chi connectivity index (χ4v) is 4.42. The van der Waals surface area contributed by atoms with Gasteiger partial charge in [-0.1, -0.05) is 12.1 Å². The van der Waals surface area contributed by atoms with Gasteiger partial charge in [-0.25, -0.2) is 13.1 Å². The number of carbonyl (C=O) groups excluding carboxylic acids is 1. The molecule has 0 spiro atoms. The highest BCUT2D eigenvalue weighted by Gasteiger charge is 2.37. The standard InChI is InChI=1S/C20H21F3N2O5S/c1-29-17-7-6-14(12-15(17)13-25-8-10-30-11-9-25)19(26)24-31(27,28)18-5-3-2-4-16(18)20(21,22)23/h2-7,12H,8-11,13H2,1H3,(H,24,26). The molecule has 0 aromatic heterocycles. The van der Waals surface area contributed by atoms with E-state index in [1.807, 2.05) is 0 Å². The van der Waals surface area contributed by atoms with E-state index >= 15 is 0 Å². The summed E-state index contributed by atoms with van der Waals surface area (Å²) in [5.41, 5.74) is -0.722. The normalized spacial score (nSPS) is 15.5. The van der Waals surface area contributed by atoms with E-state index in [1.165, 1.54) is 25.3 Å². The molecule has 1 N–H and O–H groups in total. The zero-order chi connectivity index (χ0) is 22.6. The van der Waals surface area contributed by atoms with E-state index < -0.39 is 32.6 Å². The van der Waals surface area contributed by atoms with Crippen LogP contribution < -0.4 is 9.46 Å². The first-order valence-electron chi connectivity index (χ1n) is 9.32. The van der Waals surface area contributed by atoms with E-state index in [0.717, 1.165) is 18.2 Å². The number of nitrogens with zero attached hydrogens (tertiary/aromatic N) is 1. The van der Waals surface area contributed by atoms with Crippen LogP contribution in [0.2, 0.25) is 0 Å². The molecule has 31 heavy (non-hydrogen) atoms. The van der Waals surface area contributed by atoms with Gasteiger partial charge in [-0.05, 0) is 30.3 Å². The lowest BCUT2D eigenvalue weighted by Gasteiger charge is -2.27. The molecule has 3 rings (SSSR count). The van der Waals surface area contributed by atoms with Crippen LogP contribution in [0.25, 0.3) is 0 Å². The number of rotatable bonds is 6. The highest BCUT2D eigenvalue weighted by atomic mass is 32.2. The minimum Gasteiger partial charge on any atom is -0.496 e. The Bertz CT molecular complexity index is 1050. The molecule has 11 heteroatoms. The molecule has 1 saturated heterocycles. The van der Waals surface area contributed by atoms with Crippen molar-refractivity contribution in [2.45, 2.75) is 17.6 Å². The number of hydrogen-bond acceptors (Lipinski definition) is 6. The van der Waals surface area contributed by atoms with Crippen LogP contribution >= 0.6 is 0 Å². The van der Waals surface area contributed by atoms with E-state index in [-0.39, 0.29) is 5.56 Å². The van der Waals surface area contributed by atoms with Crippen molar-refractivity contribution < 1.29 is 35.9 Å². The zero-order valence-corrected chi connectivity index (χ0v) is 17.4. The Kier molecular flexibility index (Phi) is 6.87. The second-order valence-electron chi connectivity index (χ2n) is 6.84. The van der Waals surface area contributed by atoms with E-state index in [1.54, 1.807) is 4.72 Å². The quantitative estimate of drug-likeness (QED) is 0.717. The predicted molar refractivity (Wildman–Crippen MR) is 105 cm³/mol. The predicted octanol–water partition coefficient (Wildman–Crippen LogP) is 2.66. The Morgan fingerprint density at radius 1 is 1.16 bits per heavy atom. The van der Waals surface area contributed by atoms with Gasteiger partial charge in [0.05, 0.1) is 30.8 Å². The molecule has 1 fully saturated rings. The number of sulfonamides is 1. The monoisotopic (exact) mass is 458 g/mol. The number of morpholine rings is 1. The molecule has 2 aromatic carbocycles. The van der Waals surface area contributed by atoms with E-state index in [0.29, 0.717) is 50.2 Å². The van der Waals surface area contributed by atoms with Gasteiger partial charge < -0.3 is 9.47 Å². The van der Waals surface area contributed by atoms with Crippen molar-refractivity contribution >= 4 is 15.9 Å². The fourth-order valence-electron chi connectivity index (χ4n) is 3.21. The van der Waals surface area contributed by atoms with Gasteiger partial charge in [0.15, 0.2) is 0 Å². The Balaban J connectivity index is 1.85. The van der Waals surface area contributed by atoms with Crippen LogP contribution in [0.1, 0.15) is 21.5 Å². The Labute approximate surface area is 177 Å². The minimum absolute atomic E-state index is 0.0166. The summed E-state index contributed by atoms with van der Waals surface area (Å²) in [4.78, 5) is 13.7. The molecule has 0 aliphatic carbocycles. The molecule has 2 aromatic rings. The Morgan fingerprint density at radius 2 is 1.84 bits per heavy atom. The number of methoxy groups -OCH3 is 1. The van der Waals surface area contributed by atoms with E-state index in [4.69, 9.17) is 9.47 Å². The van der Waals surface area contributed by atoms with E-state index in [2.05, 4.69) is 4.90 Å². The maximum Gasteiger partial charge on any atom is 0.417 e. The van der Waals surface area contributed by atoms with E-state index in [9.17, 15) is 26.4 Å². The van der Waals surface area contributed by atoms with Crippen molar-refractivity contribution in [3.8, 4) is 5.75 Å². The second kappa shape index (κ2) is 9.25. The number of hydrogen-bond donors (Lipinski definition) is 1. The molecular weight excluding hydrogens is 437 g/mol. The fraction of sp³-hybridized carbons (Fsp3) is 0.350. The van der Waals surface area contributed by atoms with Gasteiger partial charge in [0, 0.05) is 30.8 Å². The minimum atomic E-state index is -4.89. The van der Waals surface area contributed by atoms with Gasteiger partial charge in [0.25, 0.3) is 15.9 Å². The van der Waals surface area contributed by atoms with Crippen LogP contribution in [0.15, 0.2) is 47.4 Å². The Hall–Kier alpha value is -2.63. The van der Waals surface area contributed by atoms with Gasteiger partial charge in [-0.15, -0.1) is 0 Å². The topological polar surface area (TPSA) is 84.9 Å². The SMILES string of the molecule is COc1ccc(C(=O)NS(=O)(=O)c2ccccc2C(F)(F)F)cc1CN1CCOCC1. The van der Waals surface area contributed by atoms with Crippen molar-refractivity contribution in [3.05, 3.63) is 59.2 Å². The number of nitrogens with one attached hydrogen (secondary N) is 1. The number of ether oxygens (including phenoxy) is 2. The summed E-state index contributed by atoms with van der Waals surface area (Å²) in [7, 11) is -3.29. The molecule has 0 saturated carbocycles. The van der Waals surface area contributed by atoms with Crippen LogP contribution in [-0.4, -0.2) is 52.6 Å². The molecule has 1 heterocycles. The third-order valence-corrected chi connectivity index (χ3v) is 6.14. The maximum absolute atomic E-state index is 13.2. The number of halogens is 3. The number of amides is 1. The van der Waals surface area contributed by atoms with Gasteiger partial charge in [0.1, 0.15) is 5.75 Å². The van der Waals surface area contributed by atoms with Crippen LogP contribution in [-0.2, 0) is 27.5 Å². The molecule has 7 nitrogen and oxygen atoms in total. The second-order valence-corrected chi connectivity index (χ2v) is 8.49. The smallest absolute Gasteiger partial charge is 0.417 e. The van der Waals surface area contributed by atoms with Crippen LogP contribution in [0.5, 0.6) is 5.75 Å². The van der Waals surface area contributed by atoms with Crippen molar-refractivity contribution in [2.24, 2.45) is 0 Å². The number of alkyl halides is 3. The molecule has 0 radical (unpaired) electrons. The number of carbonyl (C=O) groups is 1. The van der Waals surface area contributed by atoms with Crippen LogP contribution in [0, 0.1) is 0 Å². The first-order valence-corrected chi connectivity index (χ1v) is 10.8. The van der Waals surface area contributed by atoms with Crippen LogP contribution in [0.4, 0.5) is 13.2 Å². The molecule has 168 valence electrons. The first kappa shape index (κ1) is 23.0. The van der Waals surface area contributed by atoms with Gasteiger partial charge >= 0.3 is 6.18 Å². The summed E-state index contributed by atoms with van der Waals surface area (Å²) < 4.78 is 77.0. The molecule has 0 atom stereocenters. The highest BCUT2D eigenvalue weighted by molar-refractivity contribution is 7.90. The largest absolute Gasteiger partial charge is 0.496 e. The number of benzene rings is 2. The van der Waals surface area contributed by atoms with Crippen molar-refractivity contribution in [1.82, 2.24) is 9.62 Å². The summed E-state index contributed by atoms with van der Waals surface area (Å²) in [6.07, 6.45) is -4.89. The lowest BCUT2D eigenvalue weighted by Crippen LogP contribution is -2.36.